The van der Waals surface area contributed by atoms with Crippen LogP contribution in [0.2, 0.25) is 0 Å². The van der Waals surface area contributed by atoms with Gasteiger partial charge < -0.3 is 0 Å². The third kappa shape index (κ3) is 3.14. The second-order valence-corrected chi connectivity index (χ2v) is 3.72. The van der Waals surface area contributed by atoms with Crippen LogP contribution in [0.4, 0.5) is 0 Å². The fourth-order valence-electron chi connectivity index (χ4n) is 1.39. The van der Waals surface area contributed by atoms with Crippen LogP contribution >= 0.6 is 0 Å². The summed E-state index contributed by atoms with van der Waals surface area (Å²) in [4.78, 5) is 19.0. The first kappa shape index (κ1) is 11.3. The van der Waals surface area contributed by atoms with Crippen LogP contribution in [0, 0.1) is 0 Å². The van der Waals surface area contributed by atoms with Crippen molar-refractivity contribution >= 4 is 5.78 Å². The Kier molecular flexibility index (Phi) is 3.49. The Morgan fingerprint density at radius 3 is 2.82 bits per heavy atom. The van der Waals surface area contributed by atoms with Crippen molar-refractivity contribution in [2.45, 2.75) is 19.9 Å². The van der Waals surface area contributed by atoms with Crippen molar-refractivity contribution in [2.24, 2.45) is 0 Å². The molecule has 0 aromatic carbocycles. The van der Waals surface area contributed by atoms with Crippen molar-refractivity contribution in [3.05, 3.63) is 37.1 Å². The van der Waals surface area contributed by atoms with Gasteiger partial charge in [-0.05, 0) is 12.0 Å². The Balaban J connectivity index is 2.11. The van der Waals surface area contributed by atoms with E-state index in [0.717, 1.165) is 11.3 Å². The minimum atomic E-state index is 0.164. The summed E-state index contributed by atoms with van der Waals surface area (Å²) in [6, 6.07) is 1.91. The van der Waals surface area contributed by atoms with Gasteiger partial charge in [-0.1, -0.05) is 4.68 Å². The molecule has 0 bridgehead atoms. The Labute approximate surface area is 99.2 Å². The molecule has 0 aliphatic carbocycles. The maximum atomic E-state index is 10.8. The van der Waals surface area contributed by atoms with Gasteiger partial charge in [0.05, 0.1) is 18.3 Å². The molecule has 0 amide bonds. The number of aromatic nitrogens is 4. The molecule has 0 spiro atoms. The lowest BCUT2D eigenvalue weighted by Gasteiger charge is -1.97. The molecule has 2 aromatic rings. The van der Waals surface area contributed by atoms with Gasteiger partial charge in [0.1, 0.15) is 12.0 Å². The van der Waals surface area contributed by atoms with Crippen LogP contribution in [0.5, 0.6) is 0 Å². The lowest BCUT2D eigenvalue weighted by Crippen LogP contribution is -2.38. The molecule has 0 saturated carbocycles. The Morgan fingerprint density at radius 1 is 1.35 bits per heavy atom. The van der Waals surface area contributed by atoms with E-state index < -0.39 is 0 Å². The van der Waals surface area contributed by atoms with Crippen LogP contribution in [-0.4, -0.2) is 20.8 Å². The van der Waals surface area contributed by atoms with E-state index >= 15 is 0 Å². The summed E-state index contributed by atoms with van der Waals surface area (Å²) in [5.74, 6) is 0.164. The molecule has 17 heavy (non-hydrogen) atoms. The molecule has 2 aromatic heterocycles. The molecule has 0 fully saturated rings. The van der Waals surface area contributed by atoms with Crippen molar-refractivity contribution in [3.63, 3.8) is 0 Å². The molecule has 0 atom stereocenters. The SMILES string of the molecule is CC(=O)CC[n+]1ccc(-c2cnccn2)cn1. The van der Waals surface area contributed by atoms with E-state index in [1.54, 1.807) is 36.4 Å². The predicted octanol–water partition coefficient (Wildman–Crippen LogP) is 0.805. The highest BCUT2D eigenvalue weighted by molar-refractivity contribution is 5.75. The van der Waals surface area contributed by atoms with Gasteiger partial charge in [-0.3, -0.25) is 14.8 Å². The Morgan fingerprint density at radius 2 is 2.24 bits per heavy atom. The topological polar surface area (TPSA) is 59.6 Å². The van der Waals surface area contributed by atoms with E-state index in [9.17, 15) is 4.79 Å². The lowest BCUT2D eigenvalue weighted by atomic mass is 10.2. The van der Waals surface area contributed by atoms with Gasteiger partial charge >= 0.3 is 0 Å². The second-order valence-electron chi connectivity index (χ2n) is 3.72. The largest absolute Gasteiger partial charge is 0.300 e. The third-order valence-electron chi connectivity index (χ3n) is 2.32. The molecule has 0 saturated heterocycles. The molecule has 0 N–H and O–H groups in total. The Hall–Kier alpha value is -2.17. The summed E-state index contributed by atoms with van der Waals surface area (Å²) in [6.45, 7) is 2.19. The minimum absolute atomic E-state index is 0.164. The number of ketones is 1. The third-order valence-corrected chi connectivity index (χ3v) is 2.32. The number of nitrogens with zero attached hydrogens (tertiary/aromatic N) is 4. The molecule has 0 aliphatic rings. The van der Waals surface area contributed by atoms with Gasteiger partial charge in [0.2, 0.25) is 0 Å². The van der Waals surface area contributed by atoms with Crippen LogP contribution in [0.3, 0.4) is 0 Å². The van der Waals surface area contributed by atoms with E-state index in [1.807, 2.05) is 12.3 Å². The summed E-state index contributed by atoms with van der Waals surface area (Å²) in [5, 5.41) is 4.22. The number of carbonyl (C=O) groups is 1. The number of Topliss-reactive ketones (excluding diaryl/α,β-unsaturated/α-hetero) is 1. The van der Waals surface area contributed by atoms with Gasteiger partial charge in [0, 0.05) is 24.0 Å². The molecular weight excluding hydrogens is 216 g/mol. The molecule has 86 valence electrons. The van der Waals surface area contributed by atoms with Crippen LogP contribution < -0.4 is 4.68 Å². The predicted molar refractivity (Wildman–Crippen MR) is 60.8 cm³/mol. The maximum Gasteiger partial charge on any atom is 0.197 e. The number of rotatable bonds is 4. The summed E-state index contributed by atoms with van der Waals surface area (Å²) >= 11 is 0. The van der Waals surface area contributed by atoms with E-state index in [-0.39, 0.29) is 5.78 Å². The number of hydrogen-bond donors (Lipinski definition) is 0. The molecule has 5 heteroatoms. The fourth-order valence-corrected chi connectivity index (χ4v) is 1.39. The molecule has 5 nitrogen and oxygen atoms in total. The fraction of sp³-hybridized carbons (Fsp3) is 0.250. The lowest BCUT2D eigenvalue weighted by molar-refractivity contribution is -0.752. The maximum absolute atomic E-state index is 10.8. The van der Waals surface area contributed by atoms with Gasteiger partial charge in [0.15, 0.2) is 12.7 Å². The zero-order valence-corrected chi connectivity index (χ0v) is 9.58. The normalized spacial score (nSPS) is 10.2. The number of aryl methyl sites for hydroxylation is 1. The molecule has 2 rings (SSSR count). The first-order chi connectivity index (χ1) is 8.25. The second kappa shape index (κ2) is 5.25. The zero-order chi connectivity index (χ0) is 12.1. The van der Waals surface area contributed by atoms with Crippen LogP contribution in [0.25, 0.3) is 11.3 Å². The van der Waals surface area contributed by atoms with Crippen molar-refractivity contribution in [2.75, 3.05) is 0 Å². The number of hydrogen-bond acceptors (Lipinski definition) is 4. The Bertz CT molecular complexity index is 496. The van der Waals surface area contributed by atoms with E-state index in [1.165, 1.54) is 0 Å². The van der Waals surface area contributed by atoms with Crippen molar-refractivity contribution in [1.82, 2.24) is 15.1 Å². The molecule has 2 heterocycles. The highest BCUT2D eigenvalue weighted by Gasteiger charge is 2.06. The molecule has 0 unspecified atom stereocenters. The average molecular weight is 229 g/mol. The van der Waals surface area contributed by atoms with Gasteiger partial charge in [-0.2, -0.15) is 0 Å². The van der Waals surface area contributed by atoms with E-state index in [2.05, 4.69) is 15.1 Å². The molecule has 0 aliphatic heterocycles. The van der Waals surface area contributed by atoms with Crippen LogP contribution in [0.1, 0.15) is 13.3 Å². The monoisotopic (exact) mass is 229 g/mol. The van der Waals surface area contributed by atoms with E-state index in [0.29, 0.717) is 13.0 Å². The number of carbonyl (C=O) groups excluding carboxylic acids is 1. The van der Waals surface area contributed by atoms with Crippen LogP contribution in [-0.2, 0) is 11.3 Å². The van der Waals surface area contributed by atoms with Crippen molar-refractivity contribution < 1.29 is 9.48 Å². The highest BCUT2D eigenvalue weighted by atomic mass is 16.1. The molecule has 0 radical (unpaired) electrons. The van der Waals surface area contributed by atoms with Crippen molar-refractivity contribution in [3.8, 4) is 11.3 Å². The summed E-state index contributed by atoms with van der Waals surface area (Å²) < 4.78 is 1.74. The first-order valence-electron chi connectivity index (χ1n) is 5.37. The first-order valence-corrected chi connectivity index (χ1v) is 5.37. The summed E-state index contributed by atoms with van der Waals surface area (Å²) in [6.07, 6.45) is 9.04. The van der Waals surface area contributed by atoms with Crippen molar-refractivity contribution in [1.29, 1.82) is 0 Å². The summed E-state index contributed by atoms with van der Waals surface area (Å²) in [5.41, 5.74) is 1.70. The van der Waals surface area contributed by atoms with Gasteiger partial charge in [-0.25, -0.2) is 0 Å². The minimum Gasteiger partial charge on any atom is -0.300 e. The summed E-state index contributed by atoms with van der Waals surface area (Å²) in [7, 11) is 0. The quantitative estimate of drug-likeness (QED) is 0.728. The average Bonchev–Trinajstić information content (AvgIpc) is 2.38. The smallest absolute Gasteiger partial charge is 0.197 e. The van der Waals surface area contributed by atoms with Gasteiger partial charge in [-0.15, -0.1) is 0 Å². The van der Waals surface area contributed by atoms with Gasteiger partial charge in [0.25, 0.3) is 0 Å². The van der Waals surface area contributed by atoms with E-state index in [4.69, 9.17) is 0 Å². The highest BCUT2D eigenvalue weighted by Crippen LogP contribution is 2.11. The standard InChI is InChI=1S/C12H13N4O/c1-10(17)2-6-16-7-3-11(8-15-16)12-9-13-4-5-14-12/h3-5,7-9H,2,6H2,1H3/q+1. The van der Waals surface area contributed by atoms with Crippen LogP contribution in [0.15, 0.2) is 37.1 Å². The zero-order valence-electron chi connectivity index (χ0n) is 9.58. The molecular formula is C12H13N4O+.